The number of nitrogens with one attached hydrogen (secondary N) is 1. The van der Waals surface area contributed by atoms with Crippen LogP contribution in [0.2, 0.25) is 0 Å². The van der Waals surface area contributed by atoms with E-state index in [1.54, 1.807) is 4.57 Å². The molecule has 0 aliphatic heterocycles. The molecule has 0 radical (unpaired) electrons. The number of para-hydroxylation sites is 1. The summed E-state index contributed by atoms with van der Waals surface area (Å²) >= 11 is 0. The third-order valence-corrected chi connectivity index (χ3v) is 4.93. The first kappa shape index (κ1) is 15.4. The quantitative estimate of drug-likeness (QED) is 0.563. The van der Waals surface area contributed by atoms with Gasteiger partial charge in [-0.15, -0.1) is 0 Å². The van der Waals surface area contributed by atoms with Gasteiger partial charge >= 0.3 is 0 Å². The number of hydrogen-bond acceptors (Lipinski definition) is 2. The molecule has 0 fully saturated rings. The molecule has 1 unspecified atom stereocenters. The summed E-state index contributed by atoms with van der Waals surface area (Å²) in [6.45, 7) is 4.07. The number of fused-ring (bicyclic) bond motifs is 2. The second-order valence-electron chi connectivity index (χ2n) is 6.46. The molecular formula is C21H18N2O2. The van der Waals surface area contributed by atoms with Gasteiger partial charge in [-0.25, -0.2) is 0 Å². The van der Waals surface area contributed by atoms with Crippen molar-refractivity contribution in [3.8, 4) is 0 Å². The average molecular weight is 330 g/mol. The van der Waals surface area contributed by atoms with E-state index in [0.29, 0.717) is 5.56 Å². The average Bonchev–Trinajstić information content (AvgIpc) is 3.18. The van der Waals surface area contributed by atoms with Crippen LogP contribution >= 0.6 is 0 Å². The number of hydrogen-bond donors (Lipinski definition) is 1. The SMILES string of the molecule is Cc1ccc2[nH]c(C(C)c3cn(C=O)c4ccccc34)c(C=O)c2c1. The molecular weight excluding hydrogens is 312 g/mol. The fourth-order valence-electron chi connectivity index (χ4n) is 3.64. The molecule has 0 amide bonds. The summed E-state index contributed by atoms with van der Waals surface area (Å²) in [6.07, 6.45) is 3.59. The van der Waals surface area contributed by atoms with Gasteiger partial charge in [0, 0.05) is 39.7 Å². The first-order valence-corrected chi connectivity index (χ1v) is 8.26. The van der Waals surface area contributed by atoms with Crippen molar-refractivity contribution in [2.24, 2.45) is 0 Å². The van der Waals surface area contributed by atoms with Gasteiger partial charge in [-0.1, -0.05) is 36.8 Å². The third kappa shape index (κ3) is 2.30. The van der Waals surface area contributed by atoms with E-state index in [1.807, 2.05) is 55.6 Å². The smallest absolute Gasteiger partial charge is 0.218 e. The Hall–Kier alpha value is -3.14. The molecule has 4 rings (SSSR count). The Morgan fingerprint density at radius 3 is 2.64 bits per heavy atom. The summed E-state index contributed by atoms with van der Waals surface area (Å²) < 4.78 is 1.59. The predicted molar refractivity (Wildman–Crippen MR) is 100 cm³/mol. The lowest BCUT2D eigenvalue weighted by atomic mass is 9.94. The summed E-state index contributed by atoms with van der Waals surface area (Å²) in [4.78, 5) is 26.6. The summed E-state index contributed by atoms with van der Waals surface area (Å²) in [5, 5.41) is 1.96. The van der Waals surface area contributed by atoms with Crippen LogP contribution in [0.5, 0.6) is 0 Å². The van der Waals surface area contributed by atoms with E-state index < -0.39 is 0 Å². The van der Waals surface area contributed by atoms with Gasteiger partial charge in [-0.2, -0.15) is 0 Å². The topological polar surface area (TPSA) is 54.9 Å². The predicted octanol–water partition coefficient (Wildman–Crippen LogP) is 4.43. The molecule has 0 saturated carbocycles. The van der Waals surface area contributed by atoms with Gasteiger partial charge in [0.1, 0.15) is 0 Å². The Labute approximate surface area is 145 Å². The number of carbonyl (C=O) groups excluding carboxylic acids is 2. The maximum atomic E-state index is 11.8. The maximum absolute atomic E-state index is 11.8. The van der Waals surface area contributed by atoms with Crippen molar-refractivity contribution in [1.82, 2.24) is 9.55 Å². The highest BCUT2D eigenvalue weighted by atomic mass is 16.1. The molecule has 0 aliphatic carbocycles. The molecule has 4 heteroatoms. The second kappa shape index (κ2) is 5.74. The van der Waals surface area contributed by atoms with Crippen LogP contribution in [-0.2, 0) is 4.79 Å². The molecule has 2 aromatic carbocycles. The van der Waals surface area contributed by atoms with Crippen LogP contribution in [0.3, 0.4) is 0 Å². The van der Waals surface area contributed by atoms with E-state index in [9.17, 15) is 9.59 Å². The van der Waals surface area contributed by atoms with Crippen LogP contribution in [0.15, 0.2) is 48.7 Å². The van der Waals surface area contributed by atoms with Crippen molar-refractivity contribution in [1.29, 1.82) is 0 Å². The van der Waals surface area contributed by atoms with Crippen molar-refractivity contribution >= 4 is 34.5 Å². The maximum Gasteiger partial charge on any atom is 0.218 e. The molecule has 1 atom stereocenters. The van der Waals surface area contributed by atoms with Crippen molar-refractivity contribution in [2.45, 2.75) is 19.8 Å². The van der Waals surface area contributed by atoms with Gasteiger partial charge in [0.05, 0.1) is 5.52 Å². The molecule has 0 aliphatic rings. The monoisotopic (exact) mass is 330 g/mol. The molecule has 4 aromatic rings. The van der Waals surface area contributed by atoms with Gasteiger partial charge in [0.2, 0.25) is 6.41 Å². The van der Waals surface area contributed by atoms with E-state index >= 15 is 0 Å². The molecule has 2 heterocycles. The Balaban J connectivity index is 1.95. The number of H-pyrrole nitrogens is 1. The fraction of sp³-hybridized carbons (Fsp3) is 0.143. The largest absolute Gasteiger partial charge is 0.357 e. The highest BCUT2D eigenvalue weighted by Gasteiger charge is 2.21. The summed E-state index contributed by atoms with van der Waals surface area (Å²) in [5.41, 5.74) is 5.53. The van der Waals surface area contributed by atoms with Crippen molar-refractivity contribution in [3.05, 3.63) is 71.0 Å². The normalized spacial score (nSPS) is 12.6. The molecule has 1 N–H and O–H groups in total. The van der Waals surface area contributed by atoms with E-state index in [2.05, 4.69) is 11.9 Å². The van der Waals surface area contributed by atoms with E-state index in [-0.39, 0.29) is 5.92 Å². The van der Waals surface area contributed by atoms with Crippen LogP contribution < -0.4 is 0 Å². The van der Waals surface area contributed by atoms with Gasteiger partial charge in [-0.05, 0) is 30.7 Å². The number of benzene rings is 2. The molecule has 0 bridgehead atoms. The number of rotatable bonds is 4. The van der Waals surface area contributed by atoms with Gasteiger partial charge < -0.3 is 4.98 Å². The lowest BCUT2D eigenvalue weighted by Crippen LogP contribution is -1.99. The Morgan fingerprint density at radius 2 is 1.88 bits per heavy atom. The molecule has 2 aromatic heterocycles. The van der Waals surface area contributed by atoms with Crippen LogP contribution in [0.4, 0.5) is 0 Å². The number of aryl methyl sites for hydroxylation is 1. The first-order valence-electron chi connectivity index (χ1n) is 8.26. The summed E-state index contributed by atoms with van der Waals surface area (Å²) in [7, 11) is 0. The van der Waals surface area contributed by atoms with Crippen LogP contribution in [-0.4, -0.2) is 22.2 Å². The van der Waals surface area contributed by atoms with Gasteiger partial charge in [-0.3, -0.25) is 14.2 Å². The number of aldehydes is 1. The van der Waals surface area contributed by atoms with E-state index in [1.165, 1.54) is 0 Å². The Kier molecular flexibility index (Phi) is 3.53. The van der Waals surface area contributed by atoms with Crippen LogP contribution in [0.1, 0.15) is 40.0 Å². The Bertz CT molecular complexity index is 1120. The molecule has 124 valence electrons. The lowest BCUT2D eigenvalue weighted by Gasteiger charge is -2.10. The number of aromatic nitrogens is 2. The zero-order valence-corrected chi connectivity index (χ0v) is 14.1. The van der Waals surface area contributed by atoms with Crippen LogP contribution in [0.25, 0.3) is 21.8 Å². The lowest BCUT2D eigenvalue weighted by molar-refractivity contribution is 0.112. The standard InChI is InChI=1S/C21H18N2O2/c1-13-7-8-19-16(9-13)18(11-24)21(22-19)14(2)17-10-23(12-25)20-6-4-3-5-15(17)20/h3-12,14,22H,1-2H3. The van der Waals surface area contributed by atoms with E-state index in [0.717, 1.165) is 51.3 Å². The number of nitrogens with zero attached hydrogens (tertiary/aromatic N) is 1. The Morgan fingerprint density at radius 1 is 1.08 bits per heavy atom. The number of aromatic amines is 1. The molecule has 0 spiro atoms. The third-order valence-electron chi connectivity index (χ3n) is 4.93. The van der Waals surface area contributed by atoms with Crippen LogP contribution in [0, 0.1) is 6.92 Å². The molecule has 4 nitrogen and oxygen atoms in total. The minimum atomic E-state index is -0.0426. The first-order chi connectivity index (χ1) is 12.1. The number of carbonyl (C=O) groups is 2. The minimum absolute atomic E-state index is 0.0426. The van der Waals surface area contributed by atoms with Crippen molar-refractivity contribution in [2.75, 3.05) is 0 Å². The highest BCUT2D eigenvalue weighted by Crippen LogP contribution is 2.35. The fourth-order valence-corrected chi connectivity index (χ4v) is 3.64. The van der Waals surface area contributed by atoms with E-state index in [4.69, 9.17) is 0 Å². The zero-order chi connectivity index (χ0) is 17.6. The van der Waals surface area contributed by atoms with Gasteiger partial charge in [0.15, 0.2) is 6.29 Å². The molecule has 0 saturated heterocycles. The minimum Gasteiger partial charge on any atom is -0.357 e. The van der Waals surface area contributed by atoms with Crippen molar-refractivity contribution in [3.63, 3.8) is 0 Å². The summed E-state index contributed by atoms with van der Waals surface area (Å²) in [5.74, 6) is -0.0426. The molecule has 25 heavy (non-hydrogen) atoms. The zero-order valence-electron chi connectivity index (χ0n) is 14.1. The summed E-state index contributed by atoms with van der Waals surface area (Å²) in [6, 6.07) is 13.9. The highest BCUT2D eigenvalue weighted by molar-refractivity contribution is 6.00. The van der Waals surface area contributed by atoms with Gasteiger partial charge in [0.25, 0.3) is 0 Å². The second-order valence-corrected chi connectivity index (χ2v) is 6.46. The van der Waals surface area contributed by atoms with Crippen molar-refractivity contribution < 1.29 is 9.59 Å².